The third-order valence-corrected chi connectivity index (χ3v) is 6.74. The number of hydrogen-bond acceptors (Lipinski definition) is 2. The number of anilines is 1. The zero-order chi connectivity index (χ0) is 19.1. The minimum atomic E-state index is 1.05. The van der Waals surface area contributed by atoms with Gasteiger partial charge in [-0.1, -0.05) is 58.2 Å². The van der Waals surface area contributed by atoms with Crippen LogP contribution >= 0.6 is 33.9 Å². The minimum Gasteiger partial charge on any atom is -0.372 e. The van der Waals surface area contributed by atoms with Crippen LogP contribution < -0.4 is 9.47 Å². The van der Waals surface area contributed by atoms with Gasteiger partial charge in [-0.15, -0.1) is 0 Å². The predicted molar refractivity (Wildman–Crippen MR) is 129 cm³/mol. The first kappa shape index (κ1) is 20.3. The largest absolute Gasteiger partial charge is 0.372 e. The highest BCUT2D eigenvalue weighted by Gasteiger charge is 2.17. The smallest absolute Gasteiger partial charge is 0.262 e. The van der Waals surface area contributed by atoms with Crippen molar-refractivity contribution in [3.05, 3.63) is 59.1 Å². The van der Waals surface area contributed by atoms with E-state index >= 15 is 0 Å². The SMILES string of the molecule is CCN(CC)c1ccc(/C=C/c2sc3ccccc3[n+]2CCCCI)cc1. The van der Waals surface area contributed by atoms with Gasteiger partial charge in [0.05, 0.1) is 0 Å². The van der Waals surface area contributed by atoms with E-state index in [-0.39, 0.29) is 0 Å². The van der Waals surface area contributed by atoms with Crippen LogP contribution in [0.2, 0.25) is 0 Å². The molecule has 0 spiro atoms. The summed E-state index contributed by atoms with van der Waals surface area (Å²) in [5, 5.41) is 1.33. The van der Waals surface area contributed by atoms with Crippen molar-refractivity contribution in [1.82, 2.24) is 0 Å². The third kappa shape index (κ3) is 5.11. The predicted octanol–water partition coefficient (Wildman–Crippen LogP) is 6.42. The Labute approximate surface area is 180 Å². The number of alkyl halides is 1. The first-order valence-electron chi connectivity index (χ1n) is 9.77. The van der Waals surface area contributed by atoms with E-state index < -0.39 is 0 Å². The van der Waals surface area contributed by atoms with Gasteiger partial charge in [-0.2, -0.15) is 4.57 Å². The molecule has 0 saturated carbocycles. The van der Waals surface area contributed by atoms with Crippen molar-refractivity contribution >= 4 is 62.0 Å². The lowest BCUT2D eigenvalue weighted by Crippen LogP contribution is -2.35. The minimum absolute atomic E-state index is 1.05. The number of unbranched alkanes of at least 4 members (excludes halogenated alkanes) is 1. The van der Waals surface area contributed by atoms with Gasteiger partial charge < -0.3 is 4.90 Å². The van der Waals surface area contributed by atoms with Gasteiger partial charge in [0.2, 0.25) is 5.52 Å². The maximum absolute atomic E-state index is 2.48. The van der Waals surface area contributed by atoms with Crippen LogP contribution in [0.15, 0.2) is 48.5 Å². The van der Waals surface area contributed by atoms with E-state index in [1.807, 2.05) is 11.3 Å². The van der Waals surface area contributed by atoms with Crippen LogP contribution in [0.4, 0.5) is 5.69 Å². The number of halogens is 1. The topological polar surface area (TPSA) is 7.12 Å². The van der Waals surface area contributed by atoms with Gasteiger partial charge in [0, 0.05) is 37.3 Å². The van der Waals surface area contributed by atoms with E-state index in [0.29, 0.717) is 0 Å². The molecule has 0 amide bonds. The fourth-order valence-electron chi connectivity index (χ4n) is 3.32. The molecule has 0 atom stereocenters. The Bertz CT molecular complexity index is 879. The van der Waals surface area contributed by atoms with Crippen LogP contribution in [0.3, 0.4) is 0 Å². The number of thiazole rings is 1. The number of benzene rings is 2. The highest BCUT2D eigenvalue weighted by atomic mass is 127. The zero-order valence-electron chi connectivity index (χ0n) is 16.2. The van der Waals surface area contributed by atoms with Crippen LogP contribution in [0.1, 0.15) is 37.3 Å². The highest BCUT2D eigenvalue weighted by Crippen LogP contribution is 2.23. The number of aryl methyl sites for hydroxylation is 1. The molecular formula is C23H28IN2S+. The molecule has 0 aliphatic heterocycles. The summed E-state index contributed by atoms with van der Waals surface area (Å²) in [5.41, 5.74) is 3.91. The maximum atomic E-state index is 2.48. The Morgan fingerprint density at radius 1 is 0.963 bits per heavy atom. The Kier molecular flexibility index (Phi) is 7.70. The zero-order valence-corrected chi connectivity index (χ0v) is 19.2. The van der Waals surface area contributed by atoms with E-state index in [2.05, 4.69) is 107 Å². The molecule has 27 heavy (non-hydrogen) atoms. The average molecular weight is 491 g/mol. The second-order valence-corrected chi connectivity index (χ2v) is 8.69. The summed E-state index contributed by atoms with van der Waals surface area (Å²) in [4.78, 5) is 2.38. The quantitative estimate of drug-likeness (QED) is 0.145. The number of aromatic nitrogens is 1. The highest BCUT2D eigenvalue weighted by molar-refractivity contribution is 14.1. The lowest BCUT2D eigenvalue weighted by atomic mass is 10.2. The van der Waals surface area contributed by atoms with Gasteiger partial charge in [-0.05, 0) is 54.5 Å². The van der Waals surface area contributed by atoms with Gasteiger partial charge in [0.1, 0.15) is 4.70 Å². The molecule has 0 bridgehead atoms. The first-order chi connectivity index (χ1) is 13.3. The van der Waals surface area contributed by atoms with Gasteiger partial charge in [-0.25, -0.2) is 0 Å². The molecule has 0 N–H and O–H groups in total. The van der Waals surface area contributed by atoms with Gasteiger partial charge in [0.25, 0.3) is 5.01 Å². The van der Waals surface area contributed by atoms with E-state index in [0.717, 1.165) is 19.6 Å². The summed E-state index contributed by atoms with van der Waals surface area (Å²) in [5.74, 6) is 0. The lowest BCUT2D eigenvalue weighted by molar-refractivity contribution is -0.669. The monoisotopic (exact) mass is 491 g/mol. The van der Waals surface area contributed by atoms with Crippen molar-refractivity contribution < 1.29 is 4.57 Å². The molecule has 1 aromatic heterocycles. The number of rotatable bonds is 9. The molecule has 0 saturated heterocycles. The van der Waals surface area contributed by atoms with Crippen LogP contribution in [-0.2, 0) is 6.54 Å². The van der Waals surface area contributed by atoms with Crippen molar-refractivity contribution in [3.63, 3.8) is 0 Å². The Morgan fingerprint density at radius 3 is 2.41 bits per heavy atom. The van der Waals surface area contributed by atoms with E-state index in [1.54, 1.807) is 0 Å². The Hall–Kier alpha value is -1.40. The van der Waals surface area contributed by atoms with E-state index in [4.69, 9.17) is 0 Å². The lowest BCUT2D eigenvalue weighted by Gasteiger charge is -2.20. The number of para-hydroxylation sites is 1. The number of hydrogen-bond donors (Lipinski definition) is 0. The molecule has 0 aliphatic rings. The molecule has 0 radical (unpaired) electrons. The number of nitrogens with zero attached hydrogens (tertiary/aromatic N) is 2. The molecule has 2 aromatic carbocycles. The van der Waals surface area contributed by atoms with Crippen LogP contribution in [-0.4, -0.2) is 17.5 Å². The van der Waals surface area contributed by atoms with Crippen LogP contribution in [0, 0.1) is 0 Å². The molecule has 142 valence electrons. The van der Waals surface area contributed by atoms with Gasteiger partial charge in [-0.3, -0.25) is 0 Å². The summed E-state index contributed by atoms with van der Waals surface area (Å²) in [6, 6.07) is 17.6. The third-order valence-electron chi connectivity index (χ3n) is 4.84. The molecule has 2 nitrogen and oxygen atoms in total. The molecule has 0 unspecified atom stereocenters. The van der Waals surface area contributed by atoms with Crippen molar-refractivity contribution in [1.29, 1.82) is 0 Å². The normalized spacial score (nSPS) is 11.5. The molecule has 4 heteroatoms. The summed E-state index contributed by atoms with van der Waals surface area (Å²) >= 11 is 4.35. The maximum Gasteiger partial charge on any atom is 0.262 e. The molecule has 3 rings (SSSR count). The van der Waals surface area contributed by atoms with E-state index in [9.17, 15) is 0 Å². The Morgan fingerprint density at radius 2 is 1.70 bits per heavy atom. The fourth-order valence-corrected chi connectivity index (χ4v) is 4.95. The second kappa shape index (κ2) is 10.2. The average Bonchev–Trinajstić information content (AvgIpc) is 3.06. The standard InChI is InChI=1S/C23H28IN2S/c1-3-25(4-2)20-14-11-19(12-15-20)13-16-23-26(18-8-7-17-24)21-9-5-6-10-22(21)27-23/h5-6,9-16H,3-4,7-8,17-18H2,1-2H3/q+1. The van der Waals surface area contributed by atoms with Crippen molar-refractivity contribution in [2.45, 2.75) is 33.2 Å². The summed E-state index contributed by atoms with van der Waals surface area (Å²) in [7, 11) is 0. The van der Waals surface area contributed by atoms with Gasteiger partial charge in [0.15, 0.2) is 6.54 Å². The summed E-state index contributed by atoms with van der Waals surface area (Å²) < 4.78 is 5.07. The van der Waals surface area contributed by atoms with Crippen molar-refractivity contribution in [3.8, 4) is 0 Å². The van der Waals surface area contributed by atoms with Crippen molar-refractivity contribution in [2.24, 2.45) is 0 Å². The Balaban J connectivity index is 1.83. The van der Waals surface area contributed by atoms with Crippen LogP contribution in [0.25, 0.3) is 22.4 Å². The van der Waals surface area contributed by atoms with Crippen molar-refractivity contribution in [2.75, 3.05) is 22.4 Å². The van der Waals surface area contributed by atoms with Crippen LogP contribution in [0.5, 0.6) is 0 Å². The second-order valence-electron chi connectivity index (χ2n) is 6.55. The molecule has 3 aromatic rings. The first-order valence-corrected chi connectivity index (χ1v) is 12.1. The number of fused-ring (bicyclic) bond motifs is 1. The fraction of sp³-hybridized carbons (Fsp3) is 0.348. The summed E-state index contributed by atoms with van der Waals surface area (Å²) in [6.45, 7) is 7.59. The summed E-state index contributed by atoms with van der Waals surface area (Å²) in [6.07, 6.45) is 7.02. The van der Waals surface area contributed by atoms with E-state index in [1.165, 1.54) is 43.7 Å². The molecular weight excluding hydrogens is 463 g/mol. The molecule has 1 heterocycles. The molecule has 0 fully saturated rings. The van der Waals surface area contributed by atoms with Gasteiger partial charge >= 0.3 is 0 Å². The molecule has 0 aliphatic carbocycles.